The van der Waals surface area contributed by atoms with E-state index < -0.39 is 11.4 Å². The van der Waals surface area contributed by atoms with Crippen molar-refractivity contribution in [2.75, 3.05) is 10.2 Å². The zero-order valence-corrected chi connectivity index (χ0v) is 17.7. The maximum absolute atomic E-state index is 14.4. The van der Waals surface area contributed by atoms with E-state index in [4.69, 9.17) is 16.3 Å². The maximum Gasteiger partial charge on any atom is 0.271 e. The predicted octanol–water partition coefficient (Wildman–Crippen LogP) is 5.44. The van der Waals surface area contributed by atoms with Crippen LogP contribution in [0.3, 0.4) is 0 Å². The van der Waals surface area contributed by atoms with Crippen molar-refractivity contribution in [2.24, 2.45) is 0 Å². The summed E-state index contributed by atoms with van der Waals surface area (Å²) in [7, 11) is 0. The van der Waals surface area contributed by atoms with Crippen LogP contribution in [-0.4, -0.2) is 17.4 Å². The molecule has 3 aromatic rings. The van der Waals surface area contributed by atoms with Gasteiger partial charge in [0, 0.05) is 21.8 Å². The number of carbonyl (C=O) groups excluding carboxylic acids is 2. The van der Waals surface area contributed by atoms with E-state index in [9.17, 15) is 14.0 Å². The molecule has 1 aliphatic rings. The van der Waals surface area contributed by atoms with Gasteiger partial charge in [-0.1, -0.05) is 35.9 Å². The molecule has 0 radical (unpaired) electrons. The summed E-state index contributed by atoms with van der Waals surface area (Å²) in [6, 6.07) is 18.2. The van der Waals surface area contributed by atoms with Gasteiger partial charge in [-0.3, -0.25) is 9.59 Å². The van der Waals surface area contributed by atoms with Crippen molar-refractivity contribution in [3.8, 4) is 5.75 Å². The monoisotopic (exact) mass is 438 g/mol. The minimum Gasteiger partial charge on any atom is -0.476 e. The van der Waals surface area contributed by atoms with Gasteiger partial charge in [-0.15, -0.1) is 0 Å². The summed E-state index contributed by atoms with van der Waals surface area (Å²) in [5.74, 6) is -0.785. The van der Waals surface area contributed by atoms with Crippen LogP contribution in [0.4, 0.5) is 15.8 Å². The number of carbonyl (C=O) groups is 2. The highest BCUT2D eigenvalue weighted by Crippen LogP contribution is 2.40. The van der Waals surface area contributed by atoms with Crippen molar-refractivity contribution in [1.29, 1.82) is 0 Å². The number of anilines is 2. The molecule has 0 aliphatic carbocycles. The molecule has 1 N–H and O–H groups in total. The second kappa shape index (κ2) is 8.04. The van der Waals surface area contributed by atoms with Crippen molar-refractivity contribution in [2.45, 2.75) is 26.0 Å². The van der Waals surface area contributed by atoms with Crippen LogP contribution in [-0.2, 0) is 11.3 Å². The highest BCUT2D eigenvalue weighted by atomic mass is 35.5. The molecule has 5 nitrogen and oxygen atoms in total. The topological polar surface area (TPSA) is 58.6 Å². The highest BCUT2D eigenvalue weighted by molar-refractivity contribution is 6.31. The number of ether oxygens (including phenoxy) is 1. The molecule has 4 rings (SSSR count). The Morgan fingerprint density at radius 3 is 2.55 bits per heavy atom. The number of hydrogen-bond acceptors (Lipinski definition) is 3. The molecule has 3 aromatic carbocycles. The number of hydrogen-bond donors (Lipinski definition) is 1. The van der Waals surface area contributed by atoms with Crippen molar-refractivity contribution < 1.29 is 18.7 Å². The van der Waals surface area contributed by atoms with E-state index in [-0.39, 0.29) is 28.9 Å². The van der Waals surface area contributed by atoms with Gasteiger partial charge in [0.05, 0.1) is 12.2 Å². The van der Waals surface area contributed by atoms with Crippen LogP contribution in [0.2, 0.25) is 5.02 Å². The van der Waals surface area contributed by atoms with Gasteiger partial charge in [-0.05, 0) is 56.3 Å². The number of nitrogens with zero attached hydrogens (tertiary/aromatic N) is 1. The van der Waals surface area contributed by atoms with Gasteiger partial charge in [-0.25, -0.2) is 4.39 Å². The number of rotatable bonds is 4. The van der Waals surface area contributed by atoms with Gasteiger partial charge in [0.2, 0.25) is 0 Å². The summed E-state index contributed by atoms with van der Waals surface area (Å²) in [5, 5.41) is 3.03. The van der Waals surface area contributed by atoms with Crippen LogP contribution < -0.4 is 15.0 Å². The molecule has 0 bridgehead atoms. The molecule has 0 spiro atoms. The Hall–Kier alpha value is -3.38. The maximum atomic E-state index is 14.4. The third kappa shape index (κ3) is 4.11. The first-order valence-corrected chi connectivity index (χ1v) is 10.1. The van der Waals surface area contributed by atoms with E-state index in [1.165, 1.54) is 17.0 Å². The molecule has 1 heterocycles. The number of fused-ring (bicyclic) bond motifs is 1. The van der Waals surface area contributed by atoms with E-state index in [0.717, 1.165) is 0 Å². The Bertz CT molecular complexity index is 1140. The molecular formula is C24H20ClFN2O3. The Kier molecular flexibility index (Phi) is 5.41. The van der Waals surface area contributed by atoms with Crippen LogP contribution in [0.25, 0.3) is 0 Å². The number of benzene rings is 3. The molecule has 0 saturated heterocycles. The fourth-order valence-corrected chi connectivity index (χ4v) is 3.65. The molecule has 0 saturated carbocycles. The van der Waals surface area contributed by atoms with Gasteiger partial charge >= 0.3 is 0 Å². The normalized spacial score (nSPS) is 14.6. The van der Waals surface area contributed by atoms with E-state index in [2.05, 4.69) is 5.32 Å². The smallest absolute Gasteiger partial charge is 0.271 e. The average molecular weight is 439 g/mol. The first-order valence-electron chi connectivity index (χ1n) is 9.70. The Balaban J connectivity index is 1.72. The molecule has 158 valence electrons. The van der Waals surface area contributed by atoms with Crippen LogP contribution >= 0.6 is 11.6 Å². The molecule has 0 aromatic heterocycles. The lowest BCUT2D eigenvalue weighted by Crippen LogP contribution is -2.52. The average Bonchev–Trinajstić information content (AvgIpc) is 2.73. The van der Waals surface area contributed by atoms with Gasteiger partial charge in [0.15, 0.2) is 5.60 Å². The van der Waals surface area contributed by atoms with Crippen LogP contribution in [0, 0.1) is 5.82 Å². The first-order chi connectivity index (χ1) is 14.8. The summed E-state index contributed by atoms with van der Waals surface area (Å²) in [5.41, 5.74) is 0.403. The van der Waals surface area contributed by atoms with Gasteiger partial charge in [0.25, 0.3) is 11.8 Å². The Morgan fingerprint density at radius 2 is 1.84 bits per heavy atom. The third-order valence-electron chi connectivity index (χ3n) is 5.05. The zero-order chi connectivity index (χ0) is 22.2. The molecular weight excluding hydrogens is 419 g/mol. The van der Waals surface area contributed by atoms with E-state index in [0.29, 0.717) is 22.7 Å². The molecule has 0 fully saturated rings. The summed E-state index contributed by atoms with van der Waals surface area (Å²) in [6.45, 7) is 3.20. The van der Waals surface area contributed by atoms with Crippen molar-refractivity contribution in [3.05, 3.63) is 88.7 Å². The third-order valence-corrected chi connectivity index (χ3v) is 5.40. The molecule has 31 heavy (non-hydrogen) atoms. The summed E-state index contributed by atoms with van der Waals surface area (Å²) < 4.78 is 20.3. The van der Waals surface area contributed by atoms with Crippen LogP contribution in [0.1, 0.15) is 29.8 Å². The highest BCUT2D eigenvalue weighted by Gasteiger charge is 2.41. The summed E-state index contributed by atoms with van der Waals surface area (Å²) >= 11 is 6.19. The zero-order valence-electron chi connectivity index (χ0n) is 17.0. The lowest BCUT2D eigenvalue weighted by Gasteiger charge is -2.39. The van der Waals surface area contributed by atoms with Crippen LogP contribution in [0.5, 0.6) is 5.75 Å². The molecule has 7 heteroatoms. The quantitative estimate of drug-likeness (QED) is 0.590. The SMILES string of the molecule is CC1(C)Oc2ccc(C(=O)Nc3ccccc3)cc2N(Cc2c(F)cccc2Cl)C1=O. The second-order valence-corrected chi connectivity index (χ2v) is 8.11. The van der Waals surface area contributed by atoms with E-state index in [1.807, 2.05) is 18.2 Å². The van der Waals surface area contributed by atoms with Gasteiger partial charge < -0.3 is 15.0 Å². The number of amides is 2. The lowest BCUT2D eigenvalue weighted by molar-refractivity contribution is -0.132. The molecule has 0 atom stereocenters. The predicted molar refractivity (Wildman–Crippen MR) is 118 cm³/mol. The molecule has 0 unspecified atom stereocenters. The summed E-state index contributed by atoms with van der Waals surface area (Å²) in [6.07, 6.45) is 0. The van der Waals surface area contributed by atoms with Crippen molar-refractivity contribution in [3.63, 3.8) is 0 Å². The number of halogens is 2. The Labute approximate surface area is 184 Å². The molecule has 2 amide bonds. The van der Waals surface area contributed by atoms with Crippen molar-refractivity contribution in [1.82, 2.24) is 0 Å². The van der Waals surface area contributed by atoms with Gasteiger partial charge in [0.1, 0.15) is 11.6 Å². The van der Waals surface area contributed by atoms with Gasteiger partial charge in [-0.2, -0.15) is 0 Å². The van der Waals surface area contributed by atoms with E-state index in [1.54, 1.807) is 50.2 Å². The fraction of sp³-hybridized carbons (Fsp3) is 0.167. The lowest BCUT2D eigenvalue weighted by atomic mass is 10.0. The first kappa shape index (κ1) is 20.9. The minimum atomic E-state index is -1.15. The number of para-hydroxylation sites is 1. The Morgan fingerprint density at radius 1 is 1.10 bits per heavy atom. The summed E-state index contributed by atoms with van der Waals surface area (Å²) in [4.78, 5) is 27.3. The standard InChI is InChI=1S/C24H20ClFN2O3/c1-24(2)23(30)28(14-17-18(25)9-6-10-19(17)26)20-13-15(11-12-21(20)31-24)22(29)27-16-7-4-3-5-8-16/h3-13H,14H2,1-2H3,(H,27,29). The number of nitrogens with one attached hydrogen (secondary N) is 1. The van der Waals surface area contributed by atoms with E-state index >= 15 is 0 Å². The fourth-order valence-electron chi connectivity index (χ4n) is 3.43. The van der Waals surface area contributed by atoms with Crippen molar-refractivity contribution >= 4 is 34.8 Å². The minimum absolute atomic E-state index is 0.0894. The second-order valence-electron chi connectivity index (χ2n) is 7.71. The molecule has 1 aliphatic heterocycles. The van der Waals surface area contributed by atoms with Crippen LogP contribution in [0.15, 0.2) is 66.7 Å². The largest absolute Gasteiger partial charge is 0.476 e.